The molecular weight excluding hydrogens is 476 g/mol. The summed E-state index contributed by atoms with van der Waals surface area (Å²) in [6.07, 6.45) is 8.59. The molecule has 0 N–H and O–H groups in total. The maximum Gasteiger partial charge on any atom is 0.306 e. The molecule has 2 unspecified atom stereocenters. The highest BCUT2D eigenvalue weighted by molar-refractivity contribution is 5.70. The third kappa shape index (κ3) is 6.27. The quantitative estimate of drug-likeness (QED) is 0.209. The zero-order chi connectivity index (χ0) is 29.2. The number of carbonyl (C=O) groups is 2. The van der Waals surface area contributed by atoms with Crippen LogP contribution in [0.15, 0.2) is 0 Å². The minimum Gasteiger partial charge on any atom is -0.459 e. The van der Waals surface area contributed by atoms with Crippen LogP contribution in [-0.4, -0.2) is 71.2 Å². The molecule has 0 aromatic carbocycles. The second-order valence-electron chi connectivity index (χ2n) is 14.7. The lowest BCUT2D eigenvalue weighted by molar-refractivity contribution is -0.204. The Morgan fingerprint density at radius 3 is 1.16 bits per heavy atom. The molecular formula is C32H60N2O4. The van der Waals surface area contributed by atoms with Crippen molar-refractivity contribution >= 4 is 11.9 Å². The topological polar surface area (TPSA) is 59.1 Å². The zero-order valence-corrected chi connectivity index (χ0v) is 27.0. The molecule has 2 rings (SSSR count). The SMILES string of the molecule is CN1CCC(C)(OC(=O)CCCCCCCCC(=O)OC2(C)CCN(C)C(C)(C)C2(C)C)C(C)(C)C1(C)C. The van der Waals surface area contributed by atoms with Crippen molar-refractivity contribution in [1.82, 2.24) is 9.80 Å². The van der Waals surface area contributed by atoms with Crippen LogP contribution in [0.3, 0.4) is 0 Å². The third-order valence-electron chi connectivity index (χ3n) is 12.2. The van der Waals surface area contributed by atoms with Gasteiger partial charge in [-0.2, -0.15) is 0 Å². The van der Waals surface area contributed by atoms with E-state index in [-0.39, 0.29) is 33.8 Å². The van der Waals surface area contributed by atoms with Crippen molar-refractivity contribution in [2.24, 2.45) is 10.8 Å². The lowest BCUT2D eigenvalue weighted by atomic mass is 9.59. The first-order valence-corrected chi connectivity index (χ1v) is 15.1. The molecule has 2 fully saturated rings. The molecule has 2 aliphatic rings. The average Bonchev–Trinajstić information content (AvgIpc) is 2.80. The summed E-state index contributed by atoms with van der Waals surface area (Å²) in [7, 11) is 4.31. The van der Waals surface area contributed by atoms with Gasteiger partial charge in [0.1, 0.15) is 11.2 Å². The molecule has 2 saturated heterocycles. The van der Waals surface area contributed by atoms with Gasteiger partial charge in [-0.1, -0.05) is 53.4 Å². The Kier molecular flexibility index (Phi) is 10.2. The van der Waals surface area contributed by atoms with Crippen molar-refractivity contribution < 1.29 is 19.1 Å². The van der Waals surface area contributed by atoms with Crippen LogP contribution >= 0.6 is 0 Å². The Morgan fingerprint density at radius 1 is 0.553 bits per heavy atom. The number of carbonyl (C=O) groups excluding carboxylic acids is 2. The van der Waals surface area contributed by atoms with Crippen molar-refractivity contribution in [2.75, 3.05) is 27.2 Å². The maximum atomic E-state index is 12.7. The predicted octanol–water partition coefficient (Wildman–Crippen LogP) is 6.99. The predicted molar refractivity (Wildman–Crippen MR) is 156 cm³/mol. The van der Waals surface area contributed by atoms with Crippen LogP contribution < -0.4 is 0 Å². The minimum atomic E-state index is -0.454. The third-order valence-corrected chi connectivity index (χ3v) is 12.2. The fourth-order valence-corrected chi connectivity index (χ4v) is 6.40. The van der Waals surface area contributed by atoms with Crippen molar-refractivity contribution in [3.05, 3.63) is 0 Å². The summed E-state index contributed by atoms with van der Waals surface area (Å²) >= 11 is 0. The van der Waals surface area contributed by atoms with Gasteiger partial charge in [-0.15, -0.1) is 0 Å². The average molecular weight is 537 g/mol. The van der Waals surface area contributed by atoms with Gasteiger partial charge >= 0.3 is 11.9 Å². The van der Waals surface area contributed by atoms with Gasteiger partial charge in [0, 0.05) is 60.7 Å². The lowest BCUT2D eigenvalue weighted by Gasteiger charge is -2.60. The second kappa shape index (κ2) is 11.8. The fourth-order valence-electron chi connectivity index (χ4n) is 6.40. The van der Waals surface area contributed by atoms with E-state index in [1.807, 2.05) is 0 Å². The van der Waals surface area contributed by atoms with E-state index < -0.39 is 11.2 Å². The molecule has 2 aliphatic heterocycles. The highest BCUT2D eigenvalue weighted by Crippen LogP contribution is 2.52. The van der Waals surface area contributed by atoms with Gasteiger partial charge in [-0.05, 0) is 68.5 Å². The molecule has 38 heavy (non-hydrogen) atoms. The number of likely N-dealkylation sites (tertiary alicyclic amines) is 2. The Balaban J connectivity index is 1.65. The number of hydrogen-bond acceptors (Lipinski definition) is 6. The maximum absolute atomic E-state index is 12.7. The number of unbranched alkanes of at least 4 members (excludes halogenated alkanes) is 5. The van der Waals surface area contributed by atoms with E-state index in [2.05, 4.69) is 93.1 Å². The smallest absolute Gasteiger partial charge is 0.306 e. The van der Waals surface area contributed by atoms with E-state index in [0.29, 0.717) is 12.8 Å². The Labute approximate surface area is 234 Å². The van der Waals surface area contributed by atoms with Crippen molar-refractivity contribution in [3.8, 4) is 0 Å². The fraction of sp³-hybridized carbons (Fsp3) is 0.938. The van der Waals surface area contributed by atoms with Gasteiger partial charge in [-0.3, -0.25) is 9.59 Å². The van der Waals surface area contributed by atoms with Gasteiger partial charge in [0.25, 0.3) is 0 Å². The first kappa shape index (κ1) is 33.1. The number of ether oxygens (including phenoxy) is 2. The summed E-state index contributed by atoms with van der Waals surface area (Å²) < 4.78 is 12.3. The molecule has 0 aromatic heterocycles. The summed E-state index contributed by atoms with van der Waals surface area (Å²) in [5.74, 6) is -0.144. The number of nitrogens with zero attached hydrogens (tertiary/aromatic N) is 2. The first-order valence-electron chi connectivity index (χ1n) is 15.1. The van der Waals surface area contributed by atoms with Crippen molar-refractivity contribution in [3.63, 3.8) is 0 Å². The molecule has 0 bridgehead atoms. The van der Waals surface area contributed by atoms with Gasteiger partial charge in [-0.25, -0.2) is 0 Å². The number of piperidine rings is 2. The molecule has 6 nitrogen and oxygen atoms in total. The molecule has 222 valence electrons. The minimum absolute atomic E-state index is 0.0513. The van der Waals surface area contributed by atoms with E-state index in [4.69, 9.17) is 9.47 Å². The Morgan fingerprint density at radius 2 is 0.842 bits per heavy atom. The van der Waals surface area contributed by atoms with E-state index in [9.17, 15) is 9.59 Å². The molecule has 2 heterocycles. The normalized spacial score (nSPS) is 30.5. The Hall–Kier alpha value is -1.14. The number of esters is 2. The van der Waals surface area contributed by atoms with Crippen LogP contribution in [0.5, 0.6) is 0 Å². The molecule has 0 saturated carbocycles. The zero-order valence-electron chi connectivity index (χ0n) is 27.0. The Bertz CT molecular complexity index is 765. The van der Waals surface area contributed by atoms with Gasteiger partial charge in [0.15, 0.2) is 0 Å². The lowest BCUT2D eigenvalue weighted by Crippen LogP contribution is -2.67. The van der Waals surface area contributed by atoms with Crippen LogP contribution in [-0.2, 0) is 19.1 Å². The molecule has 6 heteroatoms. The molecule has 0 spiro atoms. The molecule has 2 atom stereocenters. The monoisotopic (exact) mass is 536 g/mol. The van der Waals surface area contributed by atoms with Crippen molar-refractivity contribution in [1.29, 1.82) is 0 Å². The standard InChI is InChI=1S/C32H60N2O4/c1-27(2)29(5,6)33(11)23-21-31(27,9)37-25(35)19-17-15-13-14-16-18-20-26(36)38-32(10)22-24-34(12)30(7,8)28(32,3)4/h13-24H2,1-12H3. The molecule has 0 amide bonds. The van der Waals surface area contributed by atoms with Crippen LogP contribution in [0.4, 0.5) is 0 Å². The number of rotatable bonds is 11. The summed E-state index contributed by atoms with van der Waals surface area (Å²) in [5.41, 5.74) is -1.32. The van der Waals surface area contributed by atoms with Crippen LogP contribution in [0, 0.1) is 10.8 Å². The van der Waals surface area contributed by atoms with Crippen LogP contribution in [0.2, 0.25) is 0 Å². The van der Waals surface area contributed by atoms with Crippen LogP contribution in [0.25, 0.3) is 0 Å². The molecule has 0 radical (unpaired) electrons. The van der Waals surface area contributed by atoms with E-state index in [0.717, 1.165) is 64.5 Å². The van der Waals surface area contributed by atoms with Crippen molar-refractivity contribution in [2.45, 2.75) is 156 Å². The van der Waals surface area contributed by atoms with E-state index >= 15 is 0 Å². The summed E-state index contributed by atoms with van der Waals surface area (Å²) in [5, 5.41) is 0. The number of hydrogen-bond donors (Lipinski definition) is 0. The first-order chi connectivity index (χ1) is 17.3. The summed E-state index contributed by atoms with van der Waals surface area (Å²) in [6.45, 7) is 24.0. The summed E-state index contributed by atoms with van der Waals surface area (Å²) in [6, 6.07) is 0. The van der Waals surface area contributed by atoms with E-state index in [1.54, 1.807) is 0 Å². The molecule has 0 aliphatic carbocycles. The van der Waals surface area contributed by atoms with Gasteiger partial charge in [0.2, 0.25) is 0 Å². The van der Waals surface area contributed by atoms with E-state index in [1.165, 1.54) is 0 Å². The highest BCUT2D eigenvalue weighted by atomic mass is 16.6. The second-order valence-corrected chi connectivity index (χ2v) is 14.7. The van der Waals surface area contributed by atoms with Gasteiger partial charge in [0.05, 0.1) is 0 Å². The molecule has 0 aromatic rings. The highest BCUT2D eigenvalue weighted by Gasteiger charge is 2.58. The largest absolute Gasteiger partial charge is 0.459 e. The van der Waals surface area contributed by atoms with Gasteiger partial charge < -0.3 is 19.3 Å². The summed E-state index contributed by atoms with van der Waals surface area (Å²) in [4.78, 5) is 30.2. The van der Waals surface area contributed by atoms with Crippen LogP contribution in [0.1, 0.15) is 133 Å².